The van der Waals surface area contributed by atoms with Crippen LogP contribution in [0.15, 0.2) is 48.8 Å². The van der Waals surface area contributed by atoms with Crippen molar-refractivity contribution in [1.29, 1.82) is 0 Å². The molecule has 0 atom stereocenters. The number of nitrogens with one attached hydrogen (secondary N) is 1. The fourth-order valence-electron chi connectivity index (χ4n) is 2.08. The van der Waals surface area contributed by atoms with E-state index in [4.69, 9.17) is 0 Å². The molecule has 0 radical (unpaired) electrons. The van der Waals surface area contributed by atoms with Crippen molar-refractivity contribution < 1.29 is 4.79 Å². The molecule has 3 aromatic rings. The van der Waals surface area contributed by atoms with Gasteiger partial charge in [0.15, 0.2) is 0 Å². The Kier molecular flexibility index (Phi) is 3.55. The zero-order valence-electron chi connectivity index (χ0n) is 11.6. The summed E-state index contributed by atoms with van der Waals surface area (Å²) in [5.74, 6) is 0.124. The van der Waals surface area contributed by atoms with Gasteiger partial charge in [-0.25, -0.2) is 9.97 Å². The molecule has 5 heteroatoms. The Morgan fingerprint density at radius 3 is 2.76 bits per heavy atom. The van der Waals surface area contributed by atoms with Gasteiger partial charge in [0.2, 0.25) is 11.9 Å². The van der Waals surface area contributed by atoms with Crippen LogP contribution < -0.4 is 5.32 Å². The van der Waals surface area contributed by atoms with Gasteiger partial charge in [0.25, 0.3) is 0 Å². The van der Waals surface area contributed by atoms with E-state index in [-0.39, 0.29) is 12.3 Å². The number of benzene rings is 1. The summed E-state index contributed by atoms with van der Waals surface area (Å²) < 4.78 is 0. The Labute approximate surface area is 122 Å². The lowest BCUT2D eigenvalue weighted by atomic mass is 10.1. The number of aromatic nitrogens is 3. The number of hydrogen-bond acceptors (Lipinski definition) is 4. The van der Waals surface area contributed by atoms with Crippen LogP contribution in [0.2, 0.25) is 0 Å². The van der Waals surface area contributed by atoms with Gasteiger partial charge in [-0.1, -0.05) is 17.7 Å². The van der Waals surface area contributed by atoms with Crippen LogP contribution in [0.3, 0.4) is 0 Å². The lowest BCUT2D eigenvalue weighted by Crippen LogP contribution is -2.16. The summed E-state index contributed by atoms with van der Waals surface area (Å²) in [5.41, 5.74) is 2.80. The Hall–Kier alpha value is -2.82. The maximum atomic E-state index is 11.9. The van der Waals surface area contributed by atoms with E-state index < -0.39 is 0 Å². The third kappa shape index (κ3) is 3.20. The summed E-state index contributed by atoms with van der Waals surface area (Å²) in [4.78, 5) is 24.4. The fourth-order valence-corrected chi connectivity index (χ4v) is 2.08. The molecule has 1 aromatic carbocycles. The molecule has 21 heavy (non-hydrogen) atoms. The van der Waals surface area contributed by atoms with Gasteiger partial charge in [0.1, 0.15) is 0 Å². The number of hydrogen-bond donors (Lipinski definition) is 1. The average molecular weight is 278 g/mol. The van der Waals surface area contributed by atoms with Crippen LogP contribution in [0.4, 0.5) is 5.95 Å². The predicted octanol–water partition coefficient (Wildman–Crippen LogP) is 2.51. The Morgan fingerprint density at radius 2 is 1.95 bits per heavy atom. The van der Waals surface area contributed by atoms with Crippen molar-refractivity contribution in [2.45, 2.75) is 13.3 Å². The van der Waals surface area contributed by atoms with Crippen LogP contribution >= 0.6 is 0 Å². The first kappa shape index (κ1) is 13.2. The standard InChI is InChI=1S/C16H14N4O/c1-11-3-6-14-12(9-11)4-5-13(19-14)10-15(21)20-16-17-7-2-8-18-16/h2-9H,10H2,1H3,(H,17,18,20,21). The van der Waals surface area contributed by atoms with Gasteiger partial charge in [-0.15, -0.1) is 0 Å². The van der Waals surface area contributed by atoms with Gasteiger partial charge in [-0.05, 0) is 31.2 Å². The molecule has 5 nitrogen and oxygen atoms in total. The number of aryl methyl sites for hydroxylation is 1. The molecule has 3 rings (SSSR count). The first-order valence-corrected chi connectivity index (χ1v) is 6.64. The number of nitrogens with zero attached hydrogens (tertiary/aromatic N) is 3. The van der Waals surface area contributed by atoms with Crippen LogP contribution in [-0.4, -0.2) is 20.9 Å². The highest BCUT2D eigenvalue weighted by atomic mass is 16.1. The lowest BCUT2D eigenvalue weighted by Gasteiger charge is -2.05. The molecule has 0 spiro atoms. The van der Waals surface area contributed by atoms with Gasteiger partial charge < -0.3 is 0 Å². The van der Waals surface area contributed by atoms with Crippen molar-refractivity contribution in [3.63, 3.8) is 0 Å². The molecule has 0 aliphatic heterocycles. The SMILES string of the molecule is Cc1ccc2nc(CC(=O)Nc3ncccn3)ccc2c1. The molecule has 1 N–H and O–H groups in total. The number of amides is 1. The van der Waals surface area contributed by atoms with Crippen molar-refractivity contribution >= 4 is 22.8 Å². The normalized spacial score (nSPS) is 10.5. The zero-order chi connectivity index (χ0) is 14.7. The Morgan fingerprint density at radius 1 is 1.14 bits per heavy atom. The number of pyridine rings is 1. The molecule has 0 aliphatic rings. The smallest absolute Gasteiger partial charge is 0.232 e. The topological polar surface area (TPSA) is 67.8 Å². The van der Waals surface area contributed by atoms with Gasteiger partial charge in [0.05, 0.1) is 17.6 Å². The quantitative estimate of drug-likeness (QED) is 0.799. The molecule has 0 saturated heterocycles. The summed E-state index contributed by atoms with van der Waals surface area (Å²) >= 11 is 0. The predicted molar refractivity (Wildman–Crippen MR) is 80.8 cm³/mol. The Balaban J connectivity index is 1.75. The van der Waals surface area contributed by atoms with Crippen LogP contribution in [0.1, 0.15) is 11.3 Å². The summed E-state index contributed by atoms with van der Waals surface area (Å²) in [5, 5.41) is 3.72. The molecule has 0 aliphatic carbocycles. The molecule has 0 saturated carbocycles. The summed E-state index contributed by atoms with van der Waals surface area (Å²) in [6, 6.07) is 11.6. The summed E-state index contributed by atoms with van der Waals surface area (Å²) in [6.07, 6.45) is 3.36. The zero-order valence-corrected chi connectivity index (χ0v) is 11.6. The molecule has 1 amide bonds. The first-order valence-electron chi connectivity index (χ1n) is 6.64. The maximum Gasteiger partial charge on any atom is 0.232 e. The first-order chi connectivity index (χ1) is 10.2. The minimum absolute atomic E-state index is 0.180. The molecule has 0 unspecified atom stereocenters. The van der Waals surface area contributed by atoms with E-state index in [1.54, 1.807) is 18.5 Å². The lowest BCUT2D eigenvalue weighted by molar-refractivity contribution is -0.115. The largest absolute Gasteiger partial charge is 0.294 e. The summed E-state index contributed by atoms with van der Waals surface area (Å²) in [7, 11) is 0. The molecule has 2 heterocycles. The second kappa shape index (κ2) is 5.66. The molecule has 0 bridgehead atoms. The van der Waals surface area contributed by atoms with Gasteiger partial charge in [-0.3, -0.25) is 15.1 Å². The average Bonchev–Trinajstić information content (AvgIpc) is 2.48. The van der Waals surface area contributed by atoms with Crippen molar-refractivity contribution in [1.82, 2.24) is 15.0 Å². The number of rotatable bonds is 3. The van der Waals surface area contributed by atoms with E-state index in [9.17, 15) is 4.79 Å². The monoisotopic (exact) mass is 278 g/mol. The van der Waals surface area contributed by atoms with Crippen molar-refractivity contribution in [3.8, 4) is 0 Å². The minimum atomic E-state index is -0.180. The number of anilines is 1. The van der Waals surface area contributed by atoms with E-state index in [0.717, 1.165) is 16.6 Å². The van der Waals surface area contributed by atoms with Crippen LogP contribution in [-0.2, 0) is 11.2 Å². The molecular weight excluding hydrogens is 264 g/mol. The van der Waals surface area contributed by atoms with E-state index in [2.05, 4.69) is 26.3 Å². The highest BCUT2D eigenvalue weighted by molar-refractivity contribution is 5.90. The van der Waals surface area contributed by atoms with Crippen molar-refractivity contribution in [3.05, 3.63) is 60.0 Å². The van der Waals surface area contributed by atoms with Gasteiger partial charge >= 0.3 is 0 Å². The van der Waals surface area contributed by atoms with E-state index in [0.29, 0.717) is 5.95 Å². The minimum Gasteiger partial charge on any atom is -0.294 e. The van der Waals surface area contributed by atoms with Gasteiger partial charge in [-0.2, -0.15) is 0 Å². The Bertz CT molecular complexity index is 787. The van der Waals surface area contributed by atoms with E-state index in [1.807, 2.05) is 31.2 Å². The second-order valence-corrected chi connectivity index (χ2v) is 4.80. The molecule has 0 fully saturated rings. The fraction of sp³-hybridized carbons (Fsp3) is 0.125. The highest BCUT2D eigenvalue weighted by Gasteiger charge is 2.07. The van der Waals surface area contributed by atoms with Crippen LogP contribution in [0, 0.1) is 6.92 Å². The molecule has 104 valence electrons. The van der Waals surface area contributed by atoms with Crippen molar-refractivity contribution in [2.24, 2.45) is 0 Å². The van der Waals surface area contributed by atoms with Crippen LogP contribution in [0.25, 0.3) is 10.9 Å². The van der Waals surface area contributed by atoms with Gasteiger partial charge in [0, 0.05) is 17.8 Å². The third-order valence-corrected chi connectivity index (χ3v) is 3.06. The van der Waals surface area contributed by atoms with Crippen LogP contribution in [0.5, 0.6) is 0 Å². The van der Waals surface area contributed by atoms with E-state index in [1.165, 1.54) is 5.56 Å². The summed E-state index contributed by atoms with van der Waals surface area (Å²) in [6.45, 7) is 2.04. The molecule has 2 aromatic heterocycles. The second-order valence-electron chi connectivity index (χ2n) is 4.80. The van der Waals surface area contributed by atoms with E-state index >= 15 is 0 Å². The number of carbonyl (C=O) groups is 1. The number of carbonyl (C=O) groups excluding carboxylic acids is 1. The third-order valence-electron chi connectivity index (χ3n) is 3.06. The number of fused-ring (bicyclic) bond motifs is 1. The molecular formula is C16H14N4O. The van der Waals surface area contributed by atoms with Crippen molar-refractivity contribution in [2.75, 3.05) is 5.32 Å². The highest BCUT2D eigenvalue weighted by Crippen LogP contribution is 2.14. The maximum absolute atomic E-state index is 11.9.